The molecule has 1 aliphatic heterocycles. The number of fused-ring (bicyclic) bond motifs is 1. The lowest BCUT2D eigenvalue weighted by Crippen LogP contribution is -2.40. The Morgan fingerprint density at radius 2 is 1.91 bits per heavy atom. The largest absolute Gasteiger partial charge is 0.458 e. The Morgan fingerprint density at radius 1 is 1.18 bits per heavy atom. The number of carbonyl (C=O) groups excluding carboxylic acids is 1. The van der Waals surface area contributed by atoms with E-state index in [4.69, 9.17) is 14.2 Å². The topological polar surface area (TPSA) is 65.0 Å². The molecular formula is C29H38O5. The molecule has 4 aliphatic rings. The van der Waals surface area contributed by atoms with Crippen LogP contribution in [0.2, 0.25) is 0 Å². The highest BCUT2D eigenvalue weighted by atomic mass is 16.7. The molecule has 1 saturated heterocycles. The van der Waals surface area contributed by atoms with Crippen LogP contribution < -0.4 is 0 Å². The number of esters is 1. The first-order chi connectivity index (χ1) is 16.4. The van der Waals surface area contributed by atoms with Gasteiger partial charge in [0.2, 0.25) is 0 Å². The zero-order valence-electron chi connectivity index (χ0n) is 20.4. The monoisotopic (exact) mass is 466 g/mol. The van der Waals surface area contributed by atoms with Gasteiger partial charge in [0.05, 0.1) is 24.9 Å². The van der Waals surface area contributed by atoms with Crippen LogP contribution in [0.5, 0.6) is 0 Å². The third-order valence-electron chi connectivity index (χ3n) is 8.67. The van der Waals surface area contributed by atoms with E-state index in [1.165, 1.54) is 12.0 Å². The number of benzene rings is 1. The highest BCUT2D eigenvalue weighted by molar-refractivity contribution is 5.89. The van der Waals surface area contributed by atoms with Gasteiger partial charge in [-0.05, 0) is 63.5 Å². The molecule has 1 spiro atoms. The van der Waals surface area contributed by atoms with Crippen molar-refractivity contribution in [2.24, 2.45) is 23.2 Å². The lowest BCUT2D eigenvalue weighted by atomic mass is 9.62. The molecule has 4 fully saturated rings. The van der Waals surface area contributed by atoms with Crippen molar-refractivity contribution in [2.75, 3.05) is 13.2 Å². The van der Waals surface area contributed by atoms with E-state index >= 15 is 0 Å². The number of hydrogen-bond donors (Lipinski definition) is 1. The smallest absolute Gasteiger partial charge is 0.338 e. The lowest BCUT2D eigenvalue weighted by molar-refractivity contribution is -0.157. The number of hydrogen-bond acceptors (Lipinski definition) is 5. The first-order valence-electron chi connectivity index (χ1n) is 12.9. The summed E-state index contributed by atoms with van der Waals surface area (Å²) >= 11 is 0. The van der Waals surface area contributed by atoms with Crippen molar-refractivity contribution >= 4 is 5.97 Å². The maximum absolute atomic E-state index is 12.9. The Bertz CT molecular complexity index is 921. The normalized spacial score (nSPS) is 31.9. The molecular weight excluding hydrogens is 428 g/mol. The van der Waals surface area contributed by atoms with Crippen LogP contribution in [0.3, 0.4) is 0 Å². The van der Waals surface area contributed by atoms with Gasteiger partial charge in [0, 0.05) is 24.2 Å². The minimum atomic E-state index is -0.490. The summed E-state index contributed by atoms with van der Waals surface area (Å²) in [6.07, 6.45) is 12.4. The van der Waals surface area contributed by atoms with E-state index in [0.29, 0.717) is 30.6 Å². The average Bonchev–Trinajstić information content (AvgIpc) is 3.47. The van der Waals surface area contributed by atoms with Gasteiger partial charge in [-0.3, -0.25) is 0 Å². The molecule has 3 saturated carbocycles. The first kappa shape index (κ1) is 23.8. The molecule has 1 aromatic rings. The molecule has 0 unspecified atom stereocenters. The van der Waals surface area contributed by atoms with Gasteiger partial charge in [-0.15, -0.1) is 0 Å². The molecule has 5 rings (SSSR count). The van der Waals surface area contributed by atoms with Crippen LogP contribution in [0.15, 0.2) is 54.1 Å². The van der Waals surface area contributed by atoms with Crippen molar-refractivity contribution in [2.45, 2.75) is 76.8 Å². The number of carbonyl (C=O) groups is 1. The van der Waals surface area contributed by atoms with Gasteiger partial charge in [0.15, 0.2) is 5.79 Å². The Labute approximate surface area is 203 Å². The minimum Gasteiger partial charge on any atom is -0.458 e. The summed E-state index contributed by atoms with van der Waals surface area (Å²) in [4.78, 5) is 12.9. The summed E-state index contributed by atoms with van der Waals surface area (Å²) in [5.41, 5.74) is 1.81. The van der Waals surface area contributed by atoms with Crippen LogP contribution in [0, 0.1) is 23.2 Å². The second-order valence-corrected chi connectivity index (χ2v) is 11.1. The number of aliphatic hydroxyl groups is 1. The molecule has 1 N–H and O–H groups in total. The summed E-state index contributed by atoms with van der Waals surface area (Å²) in [6, 6.07) is 9.21. The molecule has 0 aromatic heterocycles. The molecule has 184 valence electrons. The molecule has 3 aliphatic carbocycles. The molecule has 1 aromatic carbocycles. The molecule has 1 heterocycles. The molecule has 5 heteroatoms. The number of ether oxygens (including phenoxy) is 3. The van der Waals surface area contributed by atoms with Crippen molar-refractivity contribution in [3.05, 3.63) is 59.7 Å². The summed E-state index contributed by atoms with van der Waals surface area (Å²) in [5.74, 6) is 0.0336. The van der Waals surface area contributed by atoms with E-state index in [2.05, 4.69) is 26.0 Å². The van der Waals surface area contributed by atoms with E-state index < -0.39 is 11.9 Å². The maximum atomic E-state index is 12.9. The van der Waals surface area contributed by atoms with Crippen LogP contribution >= 0.6 is 0 Å². The predicted octanol–water partition coefficient (Wildman–Crippen LogP) is 5.44. The van der Waals surface area contributed by atoms with Crippen LogP contribution in [0.1, 0.15) is 69.2 Å². The second-order valence-electron chi connectivity index (χ2n) is 11.1. The second kappa shape index (κ2) is 9.60. The van der Waals surface area contributed by atoms with Gasteiger partial charge in [0.1, 0.15) is 6.10 Å². The maximum Gasteiger partial charge on any atom is 0.338 e. The van der Waals surface area contributed by atoms with Crippen molar-refractivity contribution in [1.29, 1.82) is 0 Å². The average molecular weight is 467 g/mol. The summed E-state index contributed by atoms with van der Waals surface area (Å²) < 4.78 is 18.1. The van der Waals surface area contributed by atoms with Crippen LogP contribution in [-0.2, 0) is 14.2 Å². The Hall–Kier alpha value is -1.95. The summed E-state index contributed by atoms with van der Waals surface area (Å²) in [6.45, 7) is 5.53. The predicted molar refractivity (Wildman–Crippen MR) is 130 cm³/mol. The van der Waals surface area contributed by atoms with E-state index in [1.807, 2.05) is 24.3 Å². The molecule has 0 radical (unpaired) electrons. The van der Waals surface area contributed by atoms with Gasteiger partial charge >= 0.3 is 5.97 Å². The SMILES string of the molecule is CC(C)=CCC1([C@H](O)/C=C/[C@@H]2[C@H]3CC4(C[C@H]3C[C@H]2OC(=O)c2ccccc2)OCCO4)CCC1. The quantitative estimate of drug-likeness (QED) is 0.428. The highest BCUT2D eigenvalue weighted by Crippen LogP contribution is 2.56. The summed E-state index contributed by atoms with van der Waals surface area (Å²) in [7, 11) is 0. The summed E-state index contributed by atoms with van der Waals surface area (Å²) in [5, 5.41) is 11.2. The fourth-order valence-corrected chi connectivity index (χ4v) is 6.60. The molecule has 5 nitrogen and oxygen atoms in total. The fourth-order valence-electron chi connectivity index (χ4n) is 6.60. The van der Waals surface area contributed by atoms with Gasteiger partial charge in [0.25, 0.3) is 0 Å². The molecule has 0 amide bonds. The van der Waals surface area contributed by atoms with Gasteiger partial charge in [-0.2, -0.15) is 0 Å². The number of aliphatic hydroxyl groups excluding tert-OH is 1. The molecule has 5 atom stereocenters. The van der Waals surface area contributed by atoms with Gasteiger partial charge in [-0.25, -0.2) is 4.79 Å². The van der Waals surface area contributed by atoms with Crippen molar-refractivity contribution in [3.63, 3.8) is 0 Å². The van der Waals surface area contributed by atoms with Crippen molar-refractivity contribution in [3.8, 4) is 0 Å². The first-order valence-corrected chi connectivity index (χ1v) is 12.9. The van der Waals surface area contributed by atoms with Gasteiger partial charge < -0.3 is 19.3 Å². The van der Waals surface area contributed by atoms with Crippen molar-refractivity contribution in [1.82, 2.24) is 0 Å². The van der Waals surface area contributed by atoms with E-state index in [-0.39, 0.29) is 23.4 Å². The lowest BCUT2D eigenvalue weighted by Gasteiger charge is -2.44. The van der Waals surface area contributed by atoms with E-state index in [9.17, 15) is 9.90 Å². The van der Waals surface area contributed by atoms with Gasteiger partial charge in [-0.1, -0.05) is 48.4 Å². The third kappa shape index (κ3) is 4.62. The molecule has 34 heavy (non-hydrogen) atoms. The highest BCUT2D eigenvalue weighted by Gasteiger charge is 2.57. The standard InChI is InChI=1S/C29H38O5/c1-20(2)11-14-28(12-6-13-28)26(30)10-9-23-24-19-29(32-15-16-33-29)18-22(24)17-25(23)34-27(31)21-7-4-3-5-8-21/h3-5,7-11,22-26,30H,6,12-19H2,1-2H3/b10-9+/t22-,23-,24+,25-,26-/m1/s1. The van der Waals surface area contributed by atoms with Crippen molar-refractivity contribution < 1.29 is 24.1 Å². The zero-order chi connectivity index (χ0) is 23.8. The van der Waals surface area contributed by atoms with Crippen LogP contribution in [-0.4, -0.2) is 42.3 Å². The van der Waals surface area contributed by atoms with Crippen LogP contribution in [0.4, 0.5) is 0 Å². The fraction of sp³-hybridized carbons (Fsp3) is 0.621. The molecule has 0 bridgehead atoms. The van der Waals surface area contributed by atoms with E-state index in [1.54, 1.807) is 12.1 Å². The zero-order valence-corrected chi connectivity index (χ0v) is 20.4. The van der Waals surface area contributed by atoms with Crippen LogP contribution in [0.25, 0.3) is 0 Å². The van der Waals surface area contributed by atoms with E-state index in [0.717, 1.165) is 38.5 Å². The minimum absolute atomic E-state index is 0.0556. The number of allylic oxidation sites excluding steroid dienone is 2. The Kier molecular flexibility index (Phi) is 6.71. The Balaban J connectivity index is 1.34. The third-order valence-corrected chi connectivity index (χ3v) is 8.67. The number of rotatable bonds is 7. The Morgan fingerprint density at radius 3 is 2.56 bits per heavy atom.